The molecule has 0 amide bonds. The zero-order chi connectivity index (χ0) is 25.2. The molecule has 4 rings (SSSR count). The van der Waals surface area contributed by atoms with Crippen LogP contribution in [0.4, 0.5) is 0 Å². The van der Waals surface area contributed by atoms with E-state index in [-0.39, 0.29) is 6.42 Å². The summed E-state index contributed by atoms with van der Waals surface area (Å²) >= 11 is 0. The van der Waals surface area contributed by atoms with Crippen LogP contribution in [0.3, 0.4) is 0 Å². The third kappa shape index (κ3) is 7.44. The number of aromatic nitrogens is 1. The minimum atomic E-state index is -0.788. The maximum atomic E-state index is 10.7. The van der Waals surface area contributed by atoms with Crippen LogP contribution in [-0.2, 0) is 24.2 Å². The summed E-state index contributed by atoms with van der Waals surface area (Å²) in [6.45, 7) is 3.21. The number of hydrogen-bond acceptors (Lipinski definition) is 4. The van der Waals surface area contributed by atoms with Gasteiger partial charge in [-0.1, -0.05) is 42.5 Å². The fraction of sp³-hybridized carbons (Fsp3) is 0.226. The van der Waals surface area contributed by atoms with Crippen molar-refractivity contribution < 1.29 is 19.4 Å². The molecule has 184 valence electrons. The van der Waals surface area contributed by atoms with Crippen LogP contribution >= 0.6 is 0 Å². The van der Waals surface area contributed by atoms with Crippen molar-refractivity contribution in [3.05, 3.63) is 114 Å². The van der Waals surface area contributed by atoms with Gasteiger partial charge >= 0.3 is 5.97 Å². The fourth-order valence-electron chi connectivity index (χ4n) is 4.04. The van der Waals surface area contributed by atoms with Crippen molar-refractivity contribution in [2.45, 2.75) is 39.2 Å². The van der Waals surface area contributed by atoms with Gasteiger partial charge in [0.2, 0.25) is 0 Å². The summed E-state index contributed by atoms with van der Waals surface area (Å²) < 4.78 is 11.9. The number of carbonyl (C=O) groups is 1. The van der Waals surface area contributed by atoms with Crippen LogP contribution in [0.1, 0.15) is 35.2 Å². The Morgan fingerprint density at radius 2 is 1.67 bits per heavy atom. The maximum Gasteiger partial charge on any atom is 0.303 e. The second-order valence-corrected chi connectivity index (χ2v) is 8.78. The lowest BCUT2D eigenvalue weighted by Crippen LogP contribution is -2.01. The van der Waals surface area contributed by atoms with Gasteiger partial charge in [0, 0.05) is 18.3 Å². The summed E-state index contributed by atoms with van der Waals surface area (Å²) in [6.07, 6.45) is 4.30. The number of hydrogen-bond donors (Lipinski definition) is 1. The van der Waals surface area contributed by atoms with E-state index in [4.69, 9.17) is 14.6 Å². The van der Waals surface area contributed by atoms with E-state index >= 15 is 0 Å². The van der Waals surface area contributed by atoms with Crippen LogP contribution < -0.4 is 9.47 Å². The predicted molar refractivity (Wildman–Crippen MR) is 141 cm³/mol. The van der Waals surface area contributed by atoms with Crippen molar-refractivity contribution in [2.75, 3.05) is 6.61 Å². The van der Waals surface area contributed by atoms with Crippen molar-refractivity contribution >= 4 is 5.97 Å². The minimum Gasteiger partial charge on any atom is -0.494 e. The summed E-state index contributed by atoms with van der Waals surface area (Å²) in [7, 11) is 0. The monoisotopic (exact) mass is 481 g/mol. The van der Waals surface area contributed by atoms with E-state index in [0.717, 1.165) is 52.3 Å². The summed E-state index contributed by atoms with van der Waals surface area (Å²) in [5.41, 5.74) is 6.62. The van der Waals surface area contributed by atoms with Gasteiger partial charge in [-0.05, 0) is 96.5 Å². The number of nitrogens with zero attached hydrogens (tertiary/aromatic N) is 1. The van der Waals surface area contributed by atoms with Crippen molar-refractivity contribution in [2.24, 2.45) is 0 Å². The van der Waals surface area contributed by atoms with E-state index in [2.05, 4.69) is 42.2 Å². The second-order valence-electron chi connectivity index (χ2n) is 8.78. The molecule has 0 fully saturated rings. The van der Waals surface area contributed by atoms with Gasteiger partial charge in [-0.15, -0.1) is 0 Å². The Morgan fingerprint density at radius 1 is 0.833 bits per heavy atom. The molecular weight excluding hydrogens is 450 g/mol. The Balaban J connectivity index is 1.31. The Labute approximate surface area is 212 Å². The van der Waals surface area contributed by atoms with Gasteiger partial charge in [-0.25, -0.2) is 0 Å². The van der Waals surface area contributed by atoms with Crippen molar-refractivity contribution in [3.8, 4) is 22.6 Å². The highest BCUT2D eigenvalue weighted by molar-refractivity contribution is 5.69. The molecule has 4 aromatic rings. The van der Waals surface area contributed by atoms with Gasteiger partial charge in [0.05, 0.1) is 6.61 Å². The third-order valence-corrected chi connectivity index (χ3v) is 5.96. The lowest BCUT2D eigenvalue weighted by Gasteiger charge is -2.12. The highest BCUT2D eigenvalue weighted by Crippen LogP contribution is 2.28. The van der Waals surface area contributed by atoms with Crippen molar-refractivity contribution in [1.29, 1.82) is 0 Å². The van der Waals surface area contributed by atoms with E-state index in [9.17, 15) is 4.79 Å². The SMILES string of the molecule is Cc1cc(OCCCc2ccccn2)ccc1-c1cccc(COc2ccc(CCC(=O)O)cc2)c1. The van der Waals surface area contributed by atoms with Gasteiger partial charge in [-0.2, -0.15) is 0 Å². The van der Waals surface area contributed by atoms with Gasteiger partial charge < -0.3 is 14.6 Å². The molecule has 0 radical (unpaired) electrons. The molecule has 0 saturated carbocycles. The second kappa shape index (κ2) is 12.5. The summed E-state index contributed by atoms with van der Waals surface area (Å²) in [5, 5.41) is 8.82. The average molecular weight is 482 g/mol. The van der Waals surface area contributed by atoms with E-state index in [1.54, 1.807) is 0 Å². The molecule has 0 aliphatic rings. The first-order valence-corrected chi connectivity index (χ1v) is 12.2. The average Bonchev–Trinajstić information content (AvgIpc) is 2.90. The molecule has 0 spiro atoms. The zero-order valence-electron chi connectivity index (χ0n) is 20.5. The van der Waals surface area contributed by atoms with Crippen LogP contribution in [0, 0.1) is 6.92 Å². The third-order valence-electron chi connectivity index (χ3n) is 5.96. The minimum absolute atomic E-state index is 0.130. The molecule has 0 atom stereocenters. The highest BCUT2D eigenvalue weighted by Gasteiger charge is 2.06. The van der Waals surface area contributed by atoms with Crippen LogP contribution in [0.2, 0.25) is 0 Å². The number of aryl methyl sites for hydroxylation is 3. The summed E-state index contributed by atoms with van der Waals surface area (Å²) in [6, 6.07) is 28.2. The molecule has 0 aliphatic heterocycles. The van der Waals surface area contributed by atoms with Crippen LogP contribution in [0.25, 0.3) is 11.1 Å². The number of benzene rings is 3. The van der Waals surface area contributed by atoms with Crippen molar-refractivity contribution in [3.63, 3.8) is 0 Å². The number of carboxylic acids is 1. The Bertz CT molecular complexity index is 1270. The first-order valence-electron chi connectivity index (χ1n) is 12.2. The molecule has 5 heteroatoms. The van der Waals surface area contributed by atoms with E-state index < -0.39 is 5.97 Å². The number of aliphatic carboxylic acids is 1. The largest absolute Gasteiger partial charge is 0.494 e. The number of carboxylic acid groups (broad SMARTS) is 1. The van der Waals surface area contributed by atoms with Crippen molar-refractivity contribution in [1.82, 2.24) is 4.98 Å². The lowest BCUT2D eigenvalue weighted by atomic mass is 9.99. The molecule has 0 bridgehead atoms. The lowest BCUT2D eigenvalue weighted by molar-refractivity contribution is -0.136. The number of pyridine rings is 1. The maximum absolute atomic E-state index is 10.7. The molecule has 36 heavy (non-hydrogen) atoms. The van der Waals surface area contributed by atoms with Gasteiger partial charge in [0.1, 0.15) is 18.1 Å². The molecule has 3 aromatic carbocycles. The predicted octanol–water partition coefficient (Wildman–Crippen LogP) is 6.66. The number of ether oxygens (including phenoxy) is 2. The van der Waals surface area contributed by atoms with E-state index in [0.29, 0.717) is 19.6 Å². The molecule has 0 unspecified atom stereocenters. The molecule has 1 N–H and O–H groups in total. The Hall–Kier alpha value is -4.12. The molecule has 1 aromatic heterocycles. The van der Waals surface area contributed by atoms with Gasteiger partial charge in [-0.3, -0.25) is 9.78 Å². The Kier molecular flexibility index (Phi) is 8.71. The molecule has 0 saturated heterocycles. The van der Waals surface area contributed by atoms with Gasteiger partial charge in [0.25, 0.3) is 0 Å². The first-order chi connectivity index (χ1) is 17.6. The van der Waals surface area contributed by atoms with Crippen LogP contribution in [0.5, 0.6) is 11.5 Å². The fourth-order valence-corrected chi connectivity index (χ4v) is 4.04. The summed E-state index contributed by atoms with van der Waals surface area (Å²) in [4.78, 5) is 15.1. The van der Waals surface area contributed by atoms with E-state index in [1.165, 1.54) is 5.56 Å². The molecule has 1 heterocycles. The smallest absolute Gasteiger partial charge is 0.303 e. The normalized spacial score (nSPS) is 10.7. The van der Waals surface area contributed by atoms with E-state index in [1.807, 2.05) is 60.8 Å². The molecular formula is C31H31NO4. The molecule has 0 aliphatic carbocycles. The highest BCUT2D eigenvalue weighted by atomic mass is 16.5. The summed E-state index contributed by atoms with van der Waals surface area (Å²) in [5.74, 6) is 0.855. The number of rotatable bonds is 12. The first kappa shape index (κ1) is 25.0. The van der Waals surface area contributed by atoms with Gasteiger partial charge in [0.15, 0.2) is 0 Å². The van der Waals surface area contributed by atoms with Crippen LogP contribution in [0.15, 0.2) is 91.1 Å². The standard InChI is InChI=1S/C31H31NO4/c1-23-20-29(35-19-5-9-27-8-2-3-18-32-27)15-16-30(23)26-7-4-6-25(21-26)22-36-28-13-10-24(11-14-28)12-17-31(33)34/h2-4,6-8,10-11,13-16,18,20-21H,5,9,12,17,19,22H2,1H3,(H,33,34). The Morgan fingerprint density at radius 3 is 2.42 bits per heavy atom. The zero-order valence-corrected chi connectivity index (χ0v) is 20.5. The quantitative estimate of drug-likeness (QED) is 0.229. The molecule has 5 nitrogen and oxygen atoms in total. The van der Waals surface area contributed by atoms with Crippen LogP contribution in [-0.4, -0.2) is 22.7 Å². The topological polar surface area (TPSA) is 68.7 Å².